The lowest BCUT2D eigenvalue weighted by Crippen LogP contribution is -2.23. The van der Waals surface area contributed by atoms with Crippen LogP contribution in [0.15, 0.2) is 47.2 Å². The summed E-state index contributed by atoms with van der Waals surface area (Å²) in [6, 6.07) is 9.36. The van der Waals surface area contributed by atoms with Crippen LogP contribution in [0.4, 0.5) is 0 Å². The first-order valence-electron chi connectivity index (χ1n) is 12.1. The van der Waals surface area contributed by atoms with Gasteiger partial charge < -0.3 is 0 Å². The van der Waals surface area contributed by atoms with Gasteiger partial charge in [-0.25, -0.2) is 0 Å². The standard InChI is InChI=1S/C27H36Br2ClNO/c1-2-3-4-5-6-7-8-9-10-11-12-15-24(29)26(23-19-22(28)16-17-25(23)30)27(32)21-14-13-18-31-20-21/h13-14,16-20,24,26H,2-12,15H2,1H3. The quantitative estimate of drug-likeness (QED) is 0.111. The third kappa shape index (κ3) is 9.65. The van der Waals surface area contributed by atoms with E-state index in [4.69, 9.17) is 11.6 Å². The number of aromatic nitrogens is 1. The molecule has 176 valence electrons. The number of nitrogens with zero attached hydrogens (tertiary/aromatic N) is 1. The zero-order valence-electron chi connectivity index (χ0n) is 19.2. The van der Waals surface area contributed by atoms with Crippen molar-refractivity contribution < 1.29 is 4.79 Å². The number of halogens is 3. The van der Waals surface area contributed by atoms with Crippen LogP contribution in [-0.4, -0.2) is 15.6 Å². The third-order valence-corrected chi connectivity index (χ3v) is 7.79. The van der Waals surface area contributed by atoms with Crippen LogP contribution in [0.3, 0.4) is 0 Å². The van der Waals surface area contributed by atoms with Crippen LogP contribution in [0.1, 0.15) is 106 Å². The molecule has 0 fully saturated rings. The van der Waals surface area contributed by atoms with Crippen molar-refractivity contribution in [3.8, 4) is 0 Å². The molecule has 2 rings (SSSR count). The van der Waals surface area contributed by atoms with Crippen molar-refractivity contribution >= 4 is 49.2 Å². The molecule has 2 aromatic rings. The molecule has 2 atom stereocenters. The molecule has 0 aliphatic carbocycles. The number of carbonyl (C=O) groups excluding carboxylic acids is 1. The summed E-state index contributed by atoms with van der Waals surface area (Å²) in [4.78, 5) is 17.6. The Labute approximate surface area is 216 Å². The molecule has 0 amide bonds. The predicted octanol–water partition coefficient (Wildman–Crippen LogP) is 9.93. The van der Waals surface area contributed by atoms with Crippen LogP contribution in [-0.2, 0) is 0 Å². The number of ketones is 1. The van der Waals surface area contributed by atoms with Gasteiger partial charge in [-0.1, -0.05) is 121 Å². The molecule has 1 aromatic heterocycles. The fourth-order valence-electron chi connectivity index (χ4n) is 4.11. The maximum absolute atomic E-state index is 13.4. The summed E-state index contributed by atoms with van der Waals surface area (Å²) in [5.41, 5.74) is 1.48. The maximum Gasteiger partial charge on any atom is 0.173 e. The van der Waals surface area contributed by atoms with Gasteiger partial charge in [-0.3, -0.25) is 9.78 Å². The highest BCUT2D eigenvalue weighted by molar-refractivity contribution is 9.10. The highest BCUT2D eigenvalue weighted by Gasteiger charge is 2.30. The number of benzene rings is 1. The minimum absolute atomic E-state index is 0.0283. The van der Waals surface area contributed by atoms with Gasteiger partial charge in [-0.15, -0.1) is 0 Å². The Kier molecular flexibility index (Phi) is 13.8. The van der Waals surface area contributed by atoms with Gasteiger partial charge in [0, 0.05) is 32.3 Å². The summed E-state index contributed by atoms with van der Waals surface area (Å²) in [6.45, 7) is 2.27. The molecule has 0 N–H and O–H groups in total. The van der Waals surface area contributed by atoms with Crippen LogP contribution in [0, 0.1) is 0 Å². The number of carbonyl (C=O) groups is 1. The van der Waals surface area contributed by atoms with Gasteiger partial charge in [-0.05, 0) is 42.3 Å². The second kappa shape index (κ2) is 16.0. The molecule has 0 bridgehead atoms. The van der Waals surface area contributed by atoms with E-state index in [9.17, 15) is 4.79 Å². The summed E-state index contributed by atoms with van der Waals surface area (Å²) >= 11 is 13.9. The lowest BCUT2D eigenvalue weighted by atomic mass is 9.86. The van der Waals surface area contributed by atoms with E-state index in [1.54, 1.807) is 18.5 Å². The molecule has 5 heteroatoms. The number of unbranched alkanes of at least 4 members (excludes halogenated alkanes) is 10. The molecule has 32 heavy (non-hydrogen) atoms. The van der Waals surface area contributed by atoms with Crippen molar-refractivity contribution in [1.29, 1.82) is 0 Å². The van der Waals surface area contributed by atoms with E-state index >= 15 is 0 Å². The van der Waals surface area contributed by atoms with Crippen molar-refractivity contribution in [2.45, 2.75) is 94.7 Å². The SMILES string of the molecule is CCCCCCCCCCCCCC(Br)C(C(=O)c1cccnc1)c1cc(Br)ccc1Cl. The largest absolute Gasteiger partial charge is 0.293 e. The summed E-state index contributed by atoms with van der Waals surface area (Å²) in [6.07, 6.45) is 18.8. The topological polar surface area (TPSA) is 30.0 Å². The molecule has 0 saturated heterocycles. The minimum Gasteiger partial charge on any atom is -0.293 e. The molecular formula is C27H36Br2ClNO. The Bertz CT molecular complexity index is 799. The van der Waals surface area contributed by atoms with Crippen molar-refractivity contribution in [2.24, 2.45) is 0 Å². The van der Waals surface area contributed by atoms with Gasteiger partial charge in [0.2, 0.25) is 0 Å². The molecule has 0 aliphatic rings. The van der Waals surface area contributed by atoms with Crippen LogP contribution in [0.2, 0.25) is 5.02 Å². The van der Waals surface area contributed by atoms with Crippen molar-refractivity contribution in [3.63, 3.8) is 0 Å². The van der Waals surface area contributed by atoms with E-state index in [2.05, 4.69) is 43.8 Å². The van der Waals surface area contributed by atoms with Crippen LogP contribution in [0.5, 0.6) is 0 Å². The fourth-order valence-corrected chi connectivity index (χ4v) is 5.57. The van der Waals surface area contributed by atoms with Crippen LogP contribution < -0.4 is 0 Å². The van der Waals surface area contributed by atoms with Gasteiger partial charge in [0.25, 0.3) is 0 Å². The lowest BCUT2D eigenvalue weighted by Gasteiger charge is -2.23. The second-order valence-electron chi connectivity index (χ2n) is 8.59. The normalized spacial score (nSPS) is 13.1. The number of hydrogen-bond donors (Lipinski definition) is 0. The Morgan fingerprint density at radius 2 is 1.59 bits per heavy atom. The molecule has 0 radical (unpaired) electrons. The highest BCUT2D eigenvalue weighted by Crippen LogP contribution is 2.37. The van der Waals surface area contributed by atoms with E-state index in [1.807, 2.05) is 24.3 Å². The molecule has 1 aromatic carbocycles. The Balaban J connectivity index is 1.86. The molecule has 1 heterocycles. The highest BCUT2D eigenvalue weighted by atomic mass is 79.9. The number of rotatable bonds is 16. The predicted molar refractivity (Wildman–Crippen MR) is 144 cm³/mol. The summed E-state index contributed by atoms with van der Waals surface area (Å²) < 4.78 is 0.926. The minimum atomic E-state index is -0.340. The van der Waals surface area contributed by atoms with E-state index < -0.39 is 0 Å². The first kappa shape index (κ1) is 27.5. The monoisotopic (exact) mass is 583 g/mol. The number of hydrogen-bond acceptors (Lipinski definition) is 2. The van der Waals surface area contributed by atoms with E-state index in [0.29, 0.717) is 10.6 Å². The zero-order valence-corrected chi connectivity index (χ0v) is 23.1. The van der Waals surface area contributed by atoms with E-state index in [-0.39, 0.29) is 16.5 Å². The molecule has 0 spiro atoms. The Hall–Kier alpha value is -0.710. The number of alkyl halides is 1. The molecule has 2 unspecified atom stereocenters. The summed E-state index contributed by atoms with van der Waals surface area (Å²) in [7, 11) is 0. The maximum atomic E-state index is 13.4. The van der Waals surface area contributed by atoms with Crippen LogP contribution in [0.25, 0.3) is 0 Å². The molecular weight excluding hydrogens is 550 g/mol. The van der Waals surface area contributed by atoms with Crippen LogP contribution >= 0.6 is 43.5 Å². The number of pyridine rings is 1. The third-order valence-electron chi connectivity index (χ3n) is 5.97. The van der Waals surface area contributed by atoms with Gasteiger partial charge in [0.05, 0.1) is 5.92 Å². The van der Waals surface area contributed by atoms with E-state index in [0.717, 1.165) is 22.9 Å². The fraction of sp³-hybridized carbons (Fsp3) is 0.556. The van der Waals surface area contributed by atoms with Crippen molar-refractivity contribution in [2.75, 3.05) is 0 Å². The average Bonchev–Trinajstić information content (AvgIpc) is 2.80. The molecule has 0 saturated carbocycles. The Morgan fingerprint density at radius 1 is 0.969 bits per heavy atom. The first-order valence-corrected chi connectivity index (χ1v) is 14.2. The van der Waals surface area contributed by atoms with Gasteiger partial charge in [0.1, 0.15) is 0 Å². The lowest BCUT2D eigenvalue weighted by molar-refractivity contribution is 0.0957. The smallest absolute Gasteiger partial charge is 0.173 e. The van der Waals surface area contributed by atoms with Gasteiger partial charge >= 0.3 is 0 Å². The summed E-state index contributed by atoms with van der Waals surface area (Å²) in [5.74, 6) is -0.282. The number of Topliss-reactive ketones (excluding diaryl/α,β-unsaturated/α-hetero) is 1. The van der Waals surface area contributed by atoms with Crippen molar-refractivity contribution in [3.05, 3.63) is 63.3 Å². The molecule has 0 aliphatic heterocycles. The first-order chi connectivity index (χ1) is 15.5. The van der Waals surface area contributed by atoms with Gasteiger partial charge in [-0.2, -0.15) is 0 Å². The molecule has 2 nitrogen and oxygen atoms in total. The Morgan fingerprint density at radius 3 is 2.19 bits per heavy atom. The van der Waals surface area contributed by atoms with Crippen molar-refractivity contribution in [1.82, 2.24) is 4.98 Å². The van der Waals surface area contributed by atoms with E-state index in [1.165, 1.54) is 64.2 Å². The zero-order chi connectivity index (χ0) is 23.2. The second-order valence-corrected chi connectivity index (χ2v) is 11.1. The average molecular weight is 586 g/mol. The summed E-state index contributed by atoms with van der Waals surface area (Å²) in [5, 5.41) is 0.624. The van der Waals surface area contributed by atoms with Gasteiger partial charge in [0.15, 0.2) is 5.78 Å².